The quantitative estimate of drug-likeness (QED) is 0.761. The molecule has 0 spiro atoms. The molecule has 0 atom stereocenters. The second-order valence-electron chi connectivity index (χ2n) is 3.90. The summed E-state index contributed by atoms with van der Waals surface area (Å²) in [5, 5.41) is 0. The second kappa shape index (κ2) is 3.88. The van der Waals surface area contributed by atoms with E-state index >= 15 is 0 Å². The van der Waals surface area contributed by atoms with E-state index < -0.39 is 0 Å². The molecule has 0 fully saturated rings. The molecule has 0 amide bonds. The van der Waals surface area contributed by atoms with E-state index in [2.05, 4.69) is 0 Å². The highest BCUT2D eigenvalue weighted by Crippen LogP contribution is 2.28. The van der Waals surface area contributed by atoms with E-state index in [0.29, 0.717) is 6.54 Å². The summed E-state index contributed by atoms with van der Waals surface area (Å²) in [6.45, 7) is 4.61. The van der Waals surface area contributed by atoms with Gasteiger partial charge in [0.2, 0.25) is 0 Å². The van der Waals surface area contributed by atoms with Gasteiger partial charge in [-0.15, -0.1) is 0 Å². The molecule has 0 radical (unpaired) electrons. The minimum absolute atomic E-state index is 0.138. The van der Waals surface area contributed by atoms with Crippen LogP contribution in [0.1, 0.15) is 25.8 Å². The van der Waals surface area contributed by atoms with E-state index in [4.69, 9.17) is 5.73 Å². The summed E-state index contributed by atoms with van der Waals surface area (Å²) >= 11 is 0. The highest BCUT2D eigenvalue weighted by Gasteiger charge is 2.22. The molecule has 0 aliphatic rings. The van der Waals surface area contributed by atoms with Crippen molar-refractivity contribution in [2.45, 2.75) is 25.7 Å². The predicted molar refractivity (Wildman–Crippen MR) is 53.1 cm³/mol. The van der Waals surface area contributed by atoms with Gasteiger partial charge in [-0.3, -0.25) is 0 Å². The number of halogens is 1. The van der Waals surface area contributed by atoms with Crippen molar-refractivity contribution in [1.29, 1.82) is 0 Å². The van der Waals surface area contributed by atoms with Crippen molar-refractivity contribution in [3.05, 3.63) is 35.6 Å². The molecule has 0 unspecified atom stereocenters. The minimum atomic E-state index is -0.167. The maximum Gasteiger partial charge on any atom is 0.126 e. The fourth-order valence-corrected chi connectivity index (χ4v) is 1.51. The second-order valence-corrected chi connectivity index (χ2v) is 3.90. The van der Waals surface area contributed by atoms with Gasteiger partial charge in [-0.2, -0.15) is 0 Å². The van der Waals surface area contributed by atoms with Crippen LogP contribution < -0.4 is 5.73 Å². The van der Waals surface area contributed by atoms with Crippen LogP contribution in [0.5, 0.6) is 0 Å². The van der Waals surface area contributed by atoms with Gasteiger partial charge < -0.3 is 5.73 Å². The van der Waals surface area contributed by atoms with Crippen molar-refractivity contribution in [1.82, 2.24) is 0 Å². The fraction of sp³-hybridized carbons (Fsp3) is 0.455. The summed E-state index contributed by atoms with van der Waals surface area (Å²) in [5.41, 5.74) is 6.06. The third-order valence-electron chi connectivity index (χ3n) is 2.37. The third-order valence-corrected chi connectivity index (χ3v) is 2.37. The molecule has 0 aliphatic heterocycles. The van der Waals surface area contributed by atoms with E-state index in [0.717, 1.165) is 12.0 Å². The van der Waals surface area contributed by atoms with Gasteiger partial charge in [0, 0.05) is 0 Å². The Labute approximate surface area is 78.8 Å². The normalized spacial score (nSPS) is 11.7. The summed E-state index contributed by atoms with van der Waals surface area (Å²) in [6.07, 6.45) is 0.800. The third kappa shape index (κ3) is 2.28. The lowest BCUT2D eigenvalue weighted by Gasteiger charge is -2.24. The lowest BCUT2D eigenvalue weighted by atomic mass is 9.81. The Morgan fingerprint density at radius 3 is 2.46 bits per heavy atom. The van der Waals surface area contributed by atoms with Crippen molar-refractivity contribution in [2.24, 2.45) is 5.73 Å². The molecule has 0 heterocycles. The maximum atomic E-state index is 13.4. The number of rotatable bonds is 3. The van der Waals surface area contributed by atoms with Crippen LogP contribution in [0.25, 0.3) is 0 Å². The summed E-state index contributed by atoms with van der Waals surface area (Å²) in [7, 11) is 0. The summed E-state index contributed by atoms with van der Waals surface area (Å²) in [4.78, 5) is 0. The molecule has 72 valence electrons. The summed E-state index contributed by atoms with van der Waals surface area (Å²) in [6, 6.07) is 6.88. The van der Waals surface area contributed by atoms with Crippen LogP contribution in [0.2, 0.25) is 0 Å². The molecule has 0 saturated heterocycles. The van der Waals surface area contributed by atoms with E-state index in [1.54, 1.807) is 6.07 Å². The SMILES string of the molecule is CC(C)(CCN)c1ccccc1F. The molecule has 0 bridgehead atoms. The van der Waals surface area contributed by atoms with Crippen molar-refractivity contribution in [3.8, 4) is 0 Å². The smallest absolute Gasteiger partial charge is 0.126 e. The minimum Gasteiger partial charge on any atom is -0.330 e. The number of benzene rings is 1. The van der Waals surface area contributed by atoms with Gasteiger partial charge in [-0.05, 0) is 30.0 Å². The van der Waals surface area contributed by atoms with Gasteiger partial charge in [0.05, 0.1) is 0 Å². The van der Waals surface area contributed by atoms with E-state index in [-0.39, 0.29) is 11.2 Å². The zero-order valence-electron chi connectivity index (χ0n) is 8.18. The van der Waals surface area contributed by atoms with Crippen LogP contribution in [0.15, 0.2) is 24.3 Å². The van der Waals surface area contributed by atoms with Crippen molar-refractivity contribution in [2.75, 3.05) is 6.54 Å². The Morgan fingerprint density at radius 1 is 1.31 bits per heavy atom. The Balaban J connectivity index is 2.99. The van der Waals surface area contributed by atoms with Crippen LogP contribution >= 0.6 is 0 Å². The van der Waals surface area contributed by atoms with Gasteiger partial charge >= 0.3 is 0 Å². The predicted octanol–water partition coefficient (Wildman–Crippen LogP) is 2.45. The first kappa shape index (κ1) is 10.2. The van der Waals surface area contributed by atoms with E-state index in [1.165, 1.54) is 6.07 Å². The fourth-order valence-electron chi connectivity index (χ4n) is 1.51. The molecule has 1 aromatic rings. The van der Waals surface area contributed by atoms with Crippen molar-refractivity contribution < 1.29 is 4.39 Å². The Kier molecular flexibility index (Phi) is 3.04. The molecule has 1 aromatic carbocycles. The zero-order chi connectivity index (χ0) is 9.90. The van der Waals surface area contributed by atoms with E-state index in [1.807, 2.05) is 26.0 Å². The van der Waals surface area contributed by atoms with Gasteiger partial charge in [-0.25, -0.2) is 4.39 Å². The summed E-state index contributed by atoms with van der Waals surface area (Å²) in [5.74, 6) is -0.138. The highest BCUT2D eigenvalue weighted by molar-refractivity contribution is 5.25. The van der Waals surface area contributed by atoms with Crippen LogP contribution in [0, 0.1) is 5.82 Å². The number of hydrogen-bond acceptors (Lipinski definition) is 1. The average molecular weight is 181 g/mol. The molecular formula is C11H16FN. The van der Waals surface area contributed by atoms with Crippen molar-refractivity contribution in [3.63, 3.8) is 0 Å². The van der Waals surface area contributed by atoms with Crippen LogP contribution in [-0.2, 0) is 5.41 Å². The Morgan fingerprint density at radius 2 is 1.92 bits per heavy atom. The first-order valence-electron chi connectivity index (χ1n) is 4.53. The van der Waals surface area contributed by atoms with Gasteiger partial charge in [0.25, 0.3) is 0 Å². The molecule has 2 heteroatoms. The first-order valence-corrected chi connectivity index (χ1v) is 4.53. The molecule has 0 aromatic heterocycles. The maximum absolute atomic E-state index is 13.4. The molecule has 0 saturated carbocycles. The lowest BCUT2D eigenvalue weighted by molar-refractivity contribution is 0.456. The number of nitrogens with two attached hydrogens (primary N) is 1. The Bertz CT molecular complexity index is 281. The molecular weight excluding hydrogens is 165 g/mol. The van der Waals surface area contributed by atoms with E-state index in [9.17, 15) is 4.39 Å². The molecule has 2 N–H and O–H groups in total. The number of hydrogen-bond donors (Lipinski definition) is 1. The van der Waals surface area contributed by atoms with Gasteiger partial charge in [0.1, 0.15) is 5.82 Å². The Hall–Kier alpha value is -0.890. The lowest BCUT2D eigenvalue weighted by Crippen LogP contribution is -2.22. The monoisotopic (exact) mass is 181 g/mol. The van der Waals surface area contributed by atoms with Crippen LogP contribution in [-0.4, -0.2) is 6.54 Å². The molecule has 0 aliphatic carbocycles. The zero-order valence-corrected chi connectivity index (χ0v) is 8.18. The molecule has 1 nitrogen and oxygen atoms in total. The van der Waals surface area contributed by atoms with Crippen molar-refractivity contribution >= 4 is 0 Å². The van der Waals surface area contributed by atoms with Crippen LogP contribution in [0.3, 0.4) is 0 Å². The van der Waals surface area contributed by atoms with Crippen LogP contribution in [0.4, 0.5) is 4.39 Å². The van der Waals surface area contributed by atoms with Gasteiger partial charge in [0.15, 0.2) is 0 Å². The van der Waals surface area contributed by atoms with Gasteiger partial charge in [-0.1, -0.05) is 32.0 Å². The standard InChI is InChI=1S/C11H16FN/c1-11(2,7-8-13)9-5-3-4-6-10(9)12/h3-6H,7-8,13H2,1-2H3. The molecule has 13 heavy (non-hydrogen) atoms. The topological polar surface area (TPSA) is 26.0 Å². The average Bonchev–Trinajstić information content (AvgIpc) is 2.04. The largest absolute Gasteiger partial charge is 0.330 e. The summed E-state index contributed by atoms with van der Waals surface area (Å²) < 4.78 is 13.4. The highest BCUT2D eigenvalue weighted by atomic mass is 19.1. The first-order chi connectivity index (χ1) is 6.08. The molecule has 1 rings (SSSR count).